The number of likely N-dealkylation sites (N-methyl/N-ethyl adjacent to an activating group) is 2. The van der Waals surface area contributed by atoms with E-state index in [9.17, 15) is 0 Å². The van der Waals surface area contributed by atoms with Crippen molar-refractivity contribution in [2.75, 3.05) is 119 Å². The molecule has 5 aromatic rings. The van der Waals surface area contributed by atoms with Crippen LogP contribution in [-0.2, 0) is 42.6 Å². The molecular weight excluding hydrogens is 721 g/mol. The lowest BCUT2D eigenvalue weighted by atomic mass is 9.48. The summed E-state index contributed by atoms with van der Waals surface area (Å²) in [7, 11) is 5.09. The lowest BCUT2D eigenvalue weighted by Crippen LogP contribution is -2.52. The largest absolute Gasteiger partial charge is 0.378 e. The van der Waals surface area contributed by atoms with Gasteiger partial charge in [0.1, 0.15) is 13.1 Å². The average molecular weight is 775 g/mol. The Morgan fingerprint density at radius 2 is 0.931 bits per heavy atom. The molecule has 0 saturated carbocycles. The number of benzene rings is 5. The van der Waals surface area contributed by atoms with Crippen LogP contribution in [0.25, 0.3) is 54.9 Å². The number of nitrogens with zero attached hydrogens (tertiary/aromatic N) is 2. The van der Waals surface area contributed by atoms with Crippen molar-refractivity contribution in [1.82, 2.24) is 0 Å². The molecule has 2 aliphatic heterocycles. The molecular formula is C50H54N4O4+2. The molecule has 5 aromatic carbocycles. The zero-order chi connectivity index (χ0) is 38.5. The summed E-state index contributed by atoms with van der Waals surface area (Å²) in [6.07, 6.45) is 2.12. The number of rotatable bonds is 16. The summed E-state index contributed by atoms with van der Waals surface area (Å²) in [5.41, 5.74) is 37.7. The Bertz CT molecular complexity index is 2610. The van der Waals surface area contributed by atoms with E-state index in [4.69, 9.17) is 30.4 Å². The lowest BCUT2D eigenvalue weighted by Gasteiger charge is -2.49. The minimum Gasteiger partial charge on any atom is -0.378 e. The van der Waals surface area contributed by atoms with E-state index in [0.29, 0.717) is 64.6 Å². The topological polar surface area (TPSA) is 89.0 Å². The van der Waals surface area contributed by atoms with Crippen LogP contribution in [0.4, 0.5) is 0 Å². The molecule has 2 saturated heterocycles. The molecule has 8 heteroatoms. The van der Waals surface area contributed by atoms with Crippen molar-refractivity contribution in [2.24, 2.45) is 11.5 Å². The fourth-order valence-corrected chi connectivity index (χ4v) is 15.5. The summed E-state index contributed by atoms with van der Waals surface area (Å²) in [5, 5.41) is 6.09. The lowest BCUT2D eigenvalue weighted by molar-refractivity contribution is -0.900. The van der Waals surface area contributed by atoms with E-state index >= 15 is 0 Å². The Morgan fingerprint density at radius 3 is 1.41 bits per heavy atom. The minimum atomic E-state index is -0.0851. The van der Waals surface area contributed by atoms with Crippen molar-refractivity contribution < 1.29 is 27.9 Å². The van der Waals surface area contributed by atoms with Crippen molar-refractivity contribution in [3.63, 3.8) is 0 Å². The summed E-state index contributed by atoms with van der Waals surface area (Å²) in [6, 6.07) is 15.7. The smallest absolute Gasteiger partial charge is 0.102 e. The van der Waals surface area contributed by atoms with Gasteiger partial charge in [0, 0.05) is 24.9 Å². The fourth-order valence-electron chi connectivity index (χ4n) is 15.5. The Hall–Kier alpha value is -3.70. The van der Waals surface area contributed by atoms with Gasteiger partial charge in [-0.1, -0.05) is 36.4 Å². The number of nitrogens with two attached hydrogens (primary N) is 2. The van der Waals surface area contributed by atoms with Crippen LogP contribution in [0.15, 0.2) is 36.4 Å². The van der Waals surface area contributed by atoms with E-state index < -0.39 is 0 Å². The maximum atomic E-state index is 6.38. The first kappa shape index (κ1) is 34.1. The third kappa shape index (κ3) is 3.72. The fraction of sp³-hybridized carbons (Fsp3) is 0.480. The zero-order valence-electron chi connectivity index (χ0n) is 34.0. The van der Waals surface area contributed by atoms with Crippen molar-refractivity contribution in [3.8, 4) is 33.4 Å². The number of likely N-dealkylation sites (tertiary alicyclic amines) is 2. The number of hydrogen-bond donors (Lipinski definition) is 2. The van der Waals surface area contributed by atoms with Crippen LogP contribution in [0.3, 0.4) is 0 Å². The van der Waals surface area contributed by atoms with Crippen LogP contribution in [-0.4, -0.2) is 128 Å². The Labute approximate surface area is 340 Å². The molecule has 14 rings (SSSR count). The van der Waals surface area contributed by atoms with Gasteiger partial charge in [0.2, 0.25) is 0 Å². The molecule has 3 atom stereocenters. The SMILES string of the molecule is C[N+]1(CCOCCOCCN)CC2c3cc4c5c6c3-c3c(cc7c8c3C63C[N+](C)(CCOCCOCCN)CC36c3c-5c(cc5ccc9cc(c-8c6c9c35)C7)C4)C2C1. The maximum Gasteiger partial charge on any atom is 0.102 e. The molecule has 2 spiro atoms. The molecule has 58 heavy (non-hydrogen) atoms. The summed E-state index contributed by atoms with van der Waals surface area (Å²) < 4.78 is 25.9. The highest BCUT2D eigenvalue weighted by molar-refractivity contribution is 6.24. The molecule has 0 aromatic heterocycles. The predicted molar refractivity (Wildman–Crippen MR) is 227 cm³/mol. The van der Waals surface area contributed by atoms with Crippen LogP contribution >= 0.6 is 0 Å². The molecule has 3 unspecified atom stereocenters. The second-order valence-electron chi connectivity index (χ2n) is 20.1. The third-order valence-electron chi connectivity index (χ3n) is 17.0. The van der Waals surface area contributed by atoms with Crippen LogP contribution in [0.5, 0.6) is 0 Å². The molecule has 296 valence electrons. The van der Waals surface area contributed by atoms with Gasteiger partial charge in [-0.15, -0.1) is 0 Å². The molecule has 9 aliphatic rings. The van der Waals surface area contributed by atoms with E-state index in [0.717, 1.165) is 61.2 Å². The van der Waals surface area contributed by atoms with E-state index in [2.05, 4.69) is 50.5 Å². The molecule has 2 fully saturated rings. The molecule has 8 nitrogen and oxygen atoms in total. The monoisotopic (exact) mass is 774 g/mol. The first-order valence-electron chi connectivity index (χ1n) is 22.2. The normalized spacial score (nSPS) is 30.0. The standard InChI is InChI=1S/C50H54N4O4/c1-53(7-11-57-15-13-55-9-5-51)23-35-33-21-31-19-29-17-27-3-4-28-18-30-20-32-22-34(36(35)24-53)44-43(33)47-41(31)39(29)45-37(27)38(28)46-40(30)42(32)48(44)50(47)26-54(2,25-49(45,46)50)8-12-58-16-14-56-10-6-52/h3-4,17-18,21-22,35-36H,5-16,19-20,23-26,51-52H2,1-2H3/q+2. The highest BCUT2D eigenvalue weighted by Gasteiger charge is 2.78. The second-order valence-corrected chi connectivity index (χ2v) is 20.1. The van der Waals surface area contributed by atoms with Gasteiger partial charge in [0.25, 0.3) is 0 Å². The van der Waals surface area contributed by atoms with Crippen molar-refractivity contribution in [3.05, 3.63) is 92.0 Å². The maximum absolute atomic E-state index is 6.38. The number of quaternary nitrogens is 2. The van der Waals surface area contributed by atoms with Crippen LogP contribution < -0.4 is 11.5 Å². The summed E-state index contributed by atoms with van der Waals surface area (Å²) in [6.45, 7) is 12.9. The zero-order valence-corrected chi connectivity index (χ0v) is 34.0. The third-order valence-corrected chi connectivity index (χ3v) is 17.0. The van der Waals surface area contributed by atoms with Crippen LogP contribution in [0.1, 0.15) is 67.5 Å². The molecule has 4 N–H and O–H groups in total. The summed E-state index contributed by atoms with van der Waals surface area (Å²) in [4.78, 5) is 0. The van der Waals surface area contributed by atoms with Crippen molar-refractivity contribution in [2.45, 2.75) is 35.5 Å². The Morgan fingerprint density at radius 1 is 0.517 bits per heavy atom. The molecule has 0 bridgehead atoms. The van der Waals surface area contributed by atoms with Gasteiger partial charge in [0.15, 0.2) is 0 Å². The second kappa shape index (κ2) is 11.2. The molecule has 2 heterocycles. The first-order chi connectivity index (χ1) is 28.3. The summed E-state index contributed by atoms with van der Waals surface area (Å²) >= 11 is 0. The van der Waals surface area contributed by atoms with Crippen molar-refractivity contribution in [1.29, 1.82) is 0 Å². The van der Waals surface area contributed by atoms with Gasteiger partial charge >= 0.3 is 0 Å². The molecule has 7 aliphatic carbocycles. The number of hydrogen-bond acceptors (Lipinski definition) is 6. The van der Waals surface area contributed by atoms with Gasteiger partial charge in [-0.05, 0) is 123 Å². The van der Waals surface area contributed by atoms with E-state index in [-0.39, 0.29) is 10.8 Å². The van der Waals surface area contributed by atoms with E-state index in [1.54, 1.807) is 99.8 Å². The Balaban J connectivity index is 0.979. The quantitative estimate of drug-likeness (QED) is 0.0776. The summed E-state index contributed by atoms with van der Waals surface area (Å²) in [5.74, 6) is 1.02. The molecule has 0 radical (unpaired) electrons. The highest BCUT2D eigenvalue weighted by atomic mass is 16.5. The van der Waals surface area contributed by atoms with Gasteiger partial charge in [-0.2, -0.15) is 0 Å². The van der Waals surface area contributed by atoms with E-state index in [1.165, 1.54) is 23.9 Å². The van der Waals surface area contributed by atoms with Gasteiger partial charge in [0.05, 0.1) is 104 Å². The van der Waals surface area contributed by atoms with Crippen LogP contribution in [0.2, 0.25) is 0 Å². The van der Waals surface area contributed by atoms with E-state index in [1.807, 2.05) is 0 Å². The molecule has 0 amide bonds. The van der Waals surface area contributed by atoms with Gasteiger partial charge < -0.3 is 39.4 Å². The van der Waals surface area contributed by atoms with Crippen molar-refractivity contribution >= 4 is 21.5 Å². The first-order valence-corrected chi connectivity index (χ1v) is 22.2. The van der Waals surface area contributed by atoms with Gasteiger partial charge in [-0.3, -0.25) is 0 Å². The average Bonchev–Trinajstić information content (AvgIpc) is 4.03. The van der Waals surface area contributed by atoms with Crippen LogP contribution in [0, 0.1) is 0 Å². The number of ether oxygens (including phenoxy) is 4. The predicted octanol–water partition coefficient (Wildman–Crippen LogP) is 5.41. The highest BCUT2D eigenvalue weighted by Crippen LogP contribution is 2.81. The van der Waals surface area contributed by atoms with Gasteiger partial charge in [-0.25, -0.2) is 0 Å². The Kier molecular flexibility index (Phi) is 6.55. The number of fused-ring (bicyclic) bond motifs is 3. The minimum absolute atomic E-state index is 0.0848.